The Kier molecular flexibility index (Phi) is 4.55. The van der Waals surface area contributed by atoms with E-state index in [1.807, 2.05) is 56.3 Å². The van der Waals surface area contributed by atoms with Gasteiger partial charge in [0, 0.05) is 10.7 Å². The quantitative estimate of drug-likeness (QED) is 0.812. The number of hydrogen-bond acceptors (Lipinski definition) is 2. The van der Waals surface area contributed by atoms with E-state index in [-0.39, 0.29) is 11.9 Å². The molecule has 0 aliphatic heterocycles. The lowest BCUT2D eigenvalue weighted by Gasteiger charge is -2.31. The summed E-state index contributed by atoms with van der Waals surface area (Å²) >= 11 is 6.09. The summed E-state index contributed by atoms with van der Waals surface area (Å²) in [5, 5.41) is 3.88. The first kappa shape index (κ1) is 16.8. The van der Waals surface area contributed by atoms with Gasteiger partial charge in [-0.15, -0.1) is 0 Å². The summed E-state index contributed by atoms with van der Waals surface area (Å²) in [4.78, 5) is 12.9. The number of carbonyl (C=O) groups is 1. The Morgan fingerprint density at radius 1 is 1.25 bits per heavy atom. The van der Waals surface area contributed by atoms with Crippen LogP contribution in [0, 0.1) is 0 Å². The normalized spacial score (nSPS) is 17.2. The minimum absolute atomic E-state index is 0.0134. The van der Waals surface area contributed by atoms with Gasteiger partial charge in [0.05, 0.1) is 11.5 Å². The van der Waals surface area contributed by atoms with Crippen molar-refractivity contribution in [2.24, 2.45) is 0 Å². The molecule has 4 heteroatoms. The molecule has 1 amide bonds. The molecular formula is C20H23ClN2O. The first-order chi connectivity index (χ1) is 11.4. The molecule has 2 aromatic rings. The van der Waals surface area contributed by atoms with E-state index in [0.29, 0.717) is 5.02 Å². The minimum Gasteiger partial charge on any atom is -0.399 e. The van der Waals surface area contributed by atoms with Gasteiger partial charge in [0.2, 0.25) is 5.91 Å². The predicted molar refractivity (Wildman–Crippen MR) is 99.2 cm³/mol. The fourth-order valence-corrected chi connectivity index (χ4v) is 3.52. The van der Waals surface area contributed by atoms with Gasteiger partial charge in [-0.3, -0.25) is 4.79 Å². The van der Waals surface area contributed by atoms with Gasteiger partial charge in [0.1, 0.15) is 0 Å². The van der Waals surface area contributed by atoms with Crippen molar-refractivity contribution >= 4 is 23.2 Å². The molecule has 0 bridgehead atoms. The molecule has 3 rings (SSSR count). The number of nitrogens with two attached hydrogens (primary N) is 1. The van der Waals surface area contributed by atoms with E-state index >= 15 is 0 Å². The van der Waals surface area contributed by atoms with Crippen LogP contribution in [-0.4, -0.2) is 5.91 Å². The zero-order valence-electron chi connectivity index (χ0n) is 14.1. The lowest BCUT2D eigenvalue weighted by atomic mass is 9.82. The van der Waals surface area contributed by atoms with E-state index in [1.165, 1.54) is 11.1 Å². The number of anilines is 1. The number of nitrogens with one attached hydrogen (secondary N) is 1. The van der Waals surface area contributed by atoms with Crippen LogP contribution in [0.15, 0.2) is 42.5 Å². The van der Waals surface area contributed by atoms with Crippen molar-refractivity contribution in [3.8, 4) is 0 Å². The molecule has 3 nitrogen and oxygen atoms in total. The van der Waals surface area contributed by atoms with Crippen LogP contribution in [0.5, 0.6) is 0 Å². The molecule has 1 aliphatic carbocycles. The van der Waals surface area contributed by atoms with Gasteiger partial charge in [-0.25, -0.2) is 0 Å². The SMILES string of the molecule is CC(C)(C(=O)NC1CCCc2cc(N)ccc21)c1cccc(Cl)c1. The smallest absolute Gasteiger partial charge is 0.230 e. The number of rotatable bonds is 3. The Bertz CT molecular complexity index is 770. The van der Waals surface area contributed by atoms with Crippen molar-refractivity contribution < 1.29 is 4.79 Å². The van der Waals surface area contributed by atoms with Gasteiger partial charge in [0.15, 0.2) is 0 Å². The topological polar surface area (TPSA) is 55.1 Å². The lowest BCUT2D eigenvalue weighted by molar-refractivity contribution is -0.126. The number of carbonyl (C=O) groups excluding carboxylic acids is 1. The standard InChI is InChI=1S/C20H23ClN2O/c1-20(2,14-6-4-7-15(21)12-14)19(24)23-18-8-3-5-13-11-16(22)9-10-17(13)18/h4,6-7,9-12,18H,3,5,8,22H2,1-2H3,(H,23,24). The third-order valence-electron chi connectivity index (χ3n) is 4.90. The number of halogens is 1. The van der Waals surface area contributed by atoms with Crippen LogP contribution in [0.2, 0.25) is 5.02 Å². The Hall–Kier alpha value is -2.00. The number of hydrogen-bond donors (Lipinski definition) is 2. The van der Waals surface area contributed by atoms with Crippen molar-refractivity contribution in [2.45, 2.75) is 44.6 Å². The van der Waals surface area contributed by atoms with Gasteiger partial charge in [0.25, 0.3) is 0 Å². The van der Waals surface area contributed by atoms with Crippen molar-refractivity contribution in [3.05, 3.63) is 64.2 Å². The molecule has 1 atom stereocenters. The summed E-state index contributed by atoms with van der Waals surface area (Å²) in [6, 6.07) is 13.5. The van der Waals surface area contributed by atoms with Crippen molar-refractivity contribution in [2.75, 3.05) is 5.73 Å². The Labute approximate surface area is 148 Å². The van der Waals surface area contributed by atoms with Crippen LogP contribution in [-0.2, 0) is 16.6 Å². The third-order valence-corrected chi connectivity index (χ3v) is 5.14. The average molecular weight is 343 g/mol. The second-order valence-corrected chi connectivity index (χ2v) is 7.45. The first-order valence-corrected chi connectivity index (χ1v) is 8.71. The van der Waals surface area contributed by atoms with E-state index < -0.39 is 5.41 Å². The van der Waals surface area contributed by atoms with Gasteiger partial charge >= 0.3 is 0 Å². The Morgan fingerprint density at radius 3 is 2.79 bits per heavy atom. The lowest BCUT2D eigenvalue weighted by Crippen LogP contribution is -2.42. The highest BCUT2D eigenvalue weighted by molar-refractivity contribution is 6.30. The van der Waals surface area contributed by atoms with E-state index in [9.17, 15) is 4.79 Å². The van der Waals surface area contributed by atoms with Crippen LogP contribution in [0.25, 0.3) is 0 Å². The van der Waals surface area contributed by atoms with Crippen molar-refractivity contribution in [3.63, 3.8) is 0 Å². The largest absolute Gasteiger partial charge is 0.399 e. The van der Waals surface area contributed by atoms with Crippen molar-refractivity contribution in [1.29, 1.82) is 0 Å². The monoisotopic (exact) mass is 342 g/mol. The van der Waals surface area contributed by atoms with Crippen LogP contribution in [0.4, 0.5) is 5.69 Å². The fourth-order valence-electron chi connectivity index (χ4n) is 3.33. The molecule has 1 unspecified atom stereocenters. The van der Waals surface area contributed by atoms with E-state index in [4.69, 9.17) is 17.3 Å². The molecule has 126 valence electrons. The zero-order chi connectivity index (χ0) is 17.3. The molecule has 1 aliphatic rings. The Morgan fingerprint density at radius 2 is 2.04 bits per heavy atom. The third kappa shape index (κ3) is 3.27. The molecule has 0 spiro atoms. The summed E-state index contributed by atoms with van der Waals surface area (Å²) in [6.07, 6.45) is 3.03. The average Bonchev–Trinajstić information content (AvgIpc) is 2.54. The maximum absolute atomic E-state index is 12.9. The molecule has 0 heterocycles. The van der Waals surface area contributed by atoms with E-state index in [2.05, 4.69) is 5.32 Å². The number of benzene rings is 2. The maximum atomic E-state index is 12.9. The number of aryl methyl sites for hydroxylation is 1. The van der Waals surface area contributed by atoms with Crippen LogP contribution in [0.1, 0.15) is 49.4 Å². The van der Waals surface area contributed by atoms with Gasteiger partial charge < -0.3 is 11.1 Å². The van der Waals surface area contributed by atoms with Crippen LogP contribution >= 0.6 is 11.6 Å². The van der Waals surface area contributed by atoms with Crippen LogP contribution in [0.3, 0.4) is 0 Å². The Balaban J connectivity index is 1.83. The number of fused-ring (bicyclic) bond motifs is 1. The summed E-state index contributed by atoms with van der Waals surface area (Å²) in [7, 11) is 0. The molecule has 0 radical (unpaired) electrons. The van der Waals surface area contributed by atoms with Gasteiger partial charge in [-0.1, -0.05) is 29.8 Å². The molecule has 0 aromatic heterocycles. The highest BCUT2D eigenvalue weighted by Gasteiger charge is 2.32. The predicted octanol–water partition coefficient (Wildman–Crippen LogP) is 4.39. The molecule has 0 saturated heterocycles. The fraction of sp³-hybridized carbons (Fsp3) is 0.350. The second kappa shape index (κ2) is 6.48. The molecule has 0 saturated carbocycles. The molecule has 3 N–H and O–H groups in total. The summed E-state index contributed by atoms with van der Waals surface area (Å²) in [5.74, 6) is 0.0134. The summed E-state index contributed by atoms with van der Waals surface area (Å²) in [6.45, 7) is 3.86. The maximum Gasteiger partial charge on any atom is 0.230 e. The van der Waals surface area contributed by atoms with Crippen LogP contribution < -0.4 is 11.1 Å². The molecule has 2 aromatic carbocycles. The summed E-state index contributed by atoms with van der Waals surface area (Å²) < 4.78 is 0. The molecule has 24 heavy (non-hydrogen) atoms. The highest BCUT2D eigenvalue weighted by Crippen LogP contribution is 2.33. The zero-order valence-corrected chi connectivity index (χ0v) is 14.9. The molecule has 0 fully saturated rings. The van der Waals surface area contributed by atoms with E-state index in [0.717, 1.165) is 30.5 Å². The van der Waals surface area contributed by atoms with Gasteiger partial charge in [-0.05, 0) is 74.1 Å². The molecular weight excluding hydrogens is 320 g/mol. The van der Waals surface area contributed by atoms with Crippen molar-refractivity contribution in [1.82, 2.24) is 5.32 Å². The van der Waals surface area contributed by atoms with E-state index in [1.54, 1.807) is 0 Å². The highest BCUT2D eigenvalue weighted by atomic mass is 35.5. The minimum atomic E-state index is -0.643. The second-order valence-electron chi connectivity index (χ2n) is 7.01. The summed E-state index contributed by atoms with van der Waals surface area (Å²) in [5.41, 5.74) is 9.37. The number of nitrogen functional groups attached to an aromatic ring is 1. The number of amides is 1. The van der Waals surface area contributed by atoms with Gasteiger partial charge in [-0.2, -0.15) is 0 Å². The first-order valence-electron chi connectivity index (χ1n) is 8.33.